The number of hydrogen-bond acceptors (Lipinski definition) is 5. The first-order valence-corrected chi connectivity index (χ1v) is 4.51. The van der Waals surface area contributed by atoms with E-state index in [1.807, 2.05) is 0 Å². The van der Waals surface area contributed by atoms with Gasteiger partial charge in [0.25, 0.3) is 0 Å². The summed E-state index contributed by atoms with van der Waals surface area (Å²) in [6, 6.07) is 0.198. The normalized spacial score (nSPS) is 16.5. The second-order valence-electron chi connectivity index (χ2n) is 3.34. The number of nitrogens with zero attached hydrogens (tertiary/aromatic N) is 1. The minimum Gasteiger partial charge on any atom is -0.480 e. The number of likely N-dealkylation sites (tertiary alicyclic amines) is 1. The van der Waals surface area contributed by atoms with Gasteiger partial charge in [-0.25, -0.2) is 4.79 Å². The molecule has 0 spiro atoms. The summed E-state index contributed by atoms with van der Waals surface area (Å²) in [5, 5.41) is 8.25. The second kappa shape index (κ2) is 6.40. The van der Waals surface area contributed by atoms with Gasteiger partial charge in [0.15, 0.2) is 0 Å². The van der Waals surface area contributed by atoms with Crippen LogP contribution in [0.3, 0.4) is 0 Å². The number of ether oxygens (including phenoxy) is 1. The van der Waals surface area contributed by atoms with E-state index in [1.54, 1.807) is 4.90 Å². The summed E-state index contributed by atoms with van der Waals surface area (Å²) in [4.78, 5) is 21.3. The molecule has 0 unspecified atom stereocenters. The topological polar surface area (TPSA) is 92.9 Å². The van der Waals surface area contributed by atoms with Gasteiger partial charge in [-0.2, -0.15) is 13.2 Å². The zero-order valence-corrected chi connectivity index (χ0v) is 9.03. The number of hydrogen-bond donors (Lipinski definition) is 2. The molecular weight excluding hydrogens is 245 g/mol. The Labute approximate surface area is 95.1 Å². The molecule has 9 heteroatoms. The number of aliphatic carboxylic acids is 1. The standard InChI is InChI=1S/C5H10N2O2.C3H3F3O2/c6-4-1-7(2-4)3-5(8)9;1-8-2(7)3(4,5)6/h4H,1-3,6H2,(H,8,9);1H3. The fourth-order valence-corrected chi connectivity index (χ4v) is 1.05. The van der Waals surface area contributed by atoms with E-state index >= 15 is 0 Å². The molecule has 0 amide bonds. The molecule has 1 heterocycles. The lowest BCUT2D eigenvalue weighted by atomic mass is 10.1. The number of carbonyl (C=O) groups is 2. The highest BCUT2D eigenvalue weighted by molar-refractivity contribution is 5.75. The summed E-state index contributed by atoms with van der Waals surface area (Å²) in [7, 11) is 0.676. The molecule has 0 aromatic rings. The molecule has 1 aliphatic rings. The Morgan fingerprint density at radius 1 is 1.47 bits per heavy atom. The quantitative estimate of drug-likeness (QED) is 0.645. The van der Waals surface area contributed by atoms with Crippen LogP contribution in [0, 0.1) is 0 Å². The SMILES string of the molecule is COC(=O)C(F)(F)F.NC1CN(CC(=O)O)C1. The first kappa shape index (κ1) is 15.7. The molecular formula is C8H13F3N2O4. The smallest absolute Gasteiger partial charge is 0.480 e. The van der Waals surface area contributed by atoms with E-state index in [-0.39, 0.29) is 12.6 Å². The maximum atomic E-state index is 11.0. The van der Waals surface area contributed by atoms with E-state index in [0.29, 0.717) is 7.11 Å². The summed E-state index contributed by atoms with van der Waals surface area (Å²) < 4.78 is 36.3. The van der Waals surface area contributed by atoms with Crippen molar-refractivity contribution in [2.24, 2.45) is 5.73 Å². The van der Waals surface area contributed by atoms with Crippen LogP contribution in [0.25, 0.3) is 0 Å². The van der Waals surface area contributed by atoms with E-state index in [2.05, 4.69) is 4.74 Å². The van der Waals surface area contributed by atoms with Crippen molar-refractivity contribution in [3.63, 3.8) is 0 Å². The van der Waals surface area contributed by atoms with E-state index < -0.39 is 18.1 Å². The average molecular weight is 258 g/mol. The summed E-state index contributed by atoms with van der Waals surface area (Å²) in [5.41, 5.74) is 5.41. The minimum absolute atomic E-state index is 0.133. The Morgan fingerprint density at radius 2 is 1.94 bits per heavy atom. The number of carboxylic acids is 1. The van der Waals surface area contributed by atoms with Crippen molar-refractivity contribution in [3.8, 4) is 0 Å². The molecule has 1 fully saturated rings. The fourth-order valence-electron chi connectivity index (χ4n) is 1.05. The molecule has 1 rings (SSSR count). The zero-order chi connectivity index (χ0) is 13.6. The van der Waals surface area contributed by atoms with Crippen LogP contribution in [-0.2, 0) is 14.3 Å². The molecule has 0 aromatic carbocycles. The van der Waals surface area contributed by atoms with Crippen molar-refractivity contribution < 1.29 is 32.6 Å². The highest BCUT2D eigenvalue weighted by Gasteiger charge is 2.40. The number of carboxylic acid groups (broad SMARTS) is 1. The van der Waals surface area contributed by atoms with Crippen LogP contribution in [0.1, 0.15) is 0 Å². The number of nitrogens with two attached hydrogens (primary N) is 1. The molecule has 0 aromatic heterocycles. The summed E-state index contributed by atoms with van der Waals surface area (Å²) in [5.74, 6) is -2.94. The van der Waals surface area contributed by atoms with Crippen LogP contribution in [0.2, 0.25) is 0 Å². The summed E-state index contributed by atoms with van der Waals surface area (Å²) in [6.45, 7) is 1.59. The third-order valence-corrected chi connectivity index (χ3v) is 1.76. The first-order chi connectivity index (χ1) is 7.66. The van der Waals surface area contributed by atoms with Gasteiger partial charge in [0.05, 0.1) is 13.7 Å². The number of halogens is 3. The summed E-state index contributed by atoms with van der Waals surface area (Å²) >= 11 is 0. The zero-order valence-electron chi connectivity index (χ0n) is 9.03. The number of rotatable bonds is 2. The van der Waals surface area contributed by atoms with E-state index in [4.69, 9.17) is 10.8 Å². The van der Waals surface area contributed by atoms with Crippen molar-refractivity contribution in [1.29, 1.82) is 0 Å². The lowest BCUT2D eigenvalue weighted by Crippen LogP contribution is -2.56. The molecule has 1 saturated heterocycles. The summed E-state index contributed by atoms with van der Waals surface area (Å²) in [6.07, 6.45) is -4.85. The van der Waals surface area contributed by atoms with Crippen LogP contribution in [0.5, 0.6) is 0 Å². The van der Waals surface area contributed by atoms with Gasteiger partial charge in [-0.1, -0.05) is 0 Å². The predicted molar refractivity (Wildman–Crippen MR) is 50.1 cm³/mol. The number of methoxy groups -OCH3 is 1. The highest BCUT2D eigenvalue weighted by atomic mass is 19.4. The van der Waals surface area contributed by atoms with E-state index in [9.17, 15) is 22.8 Å². The molecule has 3 N–H and O–H groups in total. The van der Waals surface area contributed by atoms with Crippen LogP contribution >= 0.6 is 0 Å². The maximum Gasteiger partial charge on any atom is 0.490 e. The van der Waals surface area contributed by atoms with Gasteiger partial charge in [0.2, 0.25) is 0 Å². The molecule has 6 nitrogen and oxygen atoms in total. The molecule has 1 aliphatic heterocycles. The fraction of sp³-hybridized carbons (Fsp3) is 0.750. The Balaban J connectivity index is 0.000000304. The van der Waals surface area contributed by atoms with Crippen LogP contribution in [0.4, 0.5) is 13.2 Å². The first-order valence-electron chi connectivity index (χ1n) is 4.51. The lowest BCUT2D eigenvalue weighted by molar-refractivity contribution is -0.196. The van der Waals surface area contributed by atoms with Crippen LogP contribution in [0.15, 0.2) is 0 Å². The molecule has 0 aliphatic carbocycles. The van der Waals surface area contributed by atoms with E-state index in [1.165, 1.54) is 0 Å². The van der Waals surface area contributed by atoms with Gasteiger partial charge in [-0.3, -0.25) is 9.69 Å². The van der Waals surface area contributed by atoms with Gasteiger partial charge in [-0.05, 0) is 0 Å². The Bertz CT molecular complexity index is 276. The monoisotopic (exact) mass is 258 g/mol. The van der Waals surface area contributed by atoms with Gasteiger partial charge in [0.1, 0.15) is 0 Å². The van der Waals surface area contributed by atoms with Crippen molar-refractivity contribution in [1.82, 2.24) is 4.90 Å². The van der Waals surface area contributed by atoms with Gasteiger partial charge < -0.3 is 15.6 Å². The lowest BCUT2D eigenvalue weighted by Gasteiger charge is -2.35. The average Bonchev–Trinajstić information content (AvgIpc) is 2.13. The third-order valence-electron chi connectivity index (χ3n) is 1.76. The molecule has 100 valence electrons. The largest absolute Gasteiger partial charge is 0.490 e. The highest BCUT2D eigenvalue weighted by Crippen LogP contribution is 2.15. The van der Waals surface area contributed by atoms with Crippen molar-refractivity contribution in [3.05, 3.63) is 0 Å². The number of esters is 1. The van der Waals surface area contributed by atoms with Gasteiger partial charge in [0, 0.05) is 19.1 Å². The molecule has 0 bridgehead atoms. The molecule has 0 radical (unpaired) electrons. The maximum absolute atomic E-state index is 11.0. The minimum atomic E-state index is -4.85. The van der Waals surface area contributed by atoms with Crippen LogP contribution < -0.4 is 5.73 Å². The van der Waals surface area contributed by atoms with Gasteiger partial charge >= 0.3 is 18.1 Å². The third kappa shape index (κ3) is 6.74. The Kier molecular flexibility index (Phi) is 5.89. The molecule has 0 saturated carbocycles. The Morgan fingerprint density at radius 3 is 2.12 bits per heavy atom. The van der Waals surface area contributed by atoms with Crippen LogP contribution in [-0.4, -0.2) is 60.9 Å². The van der Waals surface area contributed by atoms with Gasteiger partial charge in [-0.15, -0.1) is 0 Å². The van der Waals surface area contributed by atoms with Crippen molar-refractivity contribution in [2.75, 3.05) is 26.7 Å². The van der Waals surface area contributed by atoms with Crippen molar-refractivity contribution in [2.45, 2.75) is 12.2 Å². The molecule has 0 atom stereocenters. The number of alkyl halides is 3. The number of carbonyl (C=O) groups excluding carboxylic acids is 1. The second-order valence-corrected chi connectivity index (χ2v) is 3.34. The molecule has 17 heavy (non-hydrogen) atoms. The predicted octanol–water partition coefficient (Wildman–Crippen LogP) is -0.564. The van der Waals surface area contributed by atoms with E-state index in [0.717, 1.165) is 13.1 Å². The Hall–Kier alpha value is -1.35. The van der Waals surface area contributed by atoms with Crippen molar-refractivity contribution >= 4 is 11.9 Å².